The van der Waals surface area contributed by atoms with E-state index < -0.39 is 27.8 Å². The van der Waals surface area contributed by atoms with Crippen LogP contribution in [-0.4, -0.2) is 74.3 Å². The van der Waals surface area contributed by atoms with E-state index >= 15 is 4.39 Å². The van der Waals surface area contributed by atoms with E-state index in [0.717, 1.165) is 50.5 Å². The van der Waals surface area contributed by atoms with E-state index in [1.165, 1.54) is 6.20 Å². The molecule has 1 amide bonds. The van der Waals surface area contributed by atoms with Crippen LogP contribution < -0.4 is 16.4 Å². The second-order valence-corrected chi connectivity index (χ2v) is 14.8. The van der Waals surface area contributed by atoms with E-state index in [1.807, 2.05) is 24.3 Å². The molecule has 3 fully saturated rings. The molecule has 1 aromatic heterocycles. The van der Waals surface area contributed by atoms with Gasteiger partial charge in [-0.3, -0.25) is 9.78 Å². The summed E-state index contributed by atoms with van der Waals surface area (Å²) in [4.78, 5) is 17.7. The maximum Gasteiger partial charge on any atom is 0.241 e. The van der Waals surface area contributed by atoms with Gasteiger partial charge in [0.15, 0.2) is 0 Å². The Bertz CT molecular complexity index is 1360. The molecular weight excluding hydrogens is 593 g/mol. The number of nitrogens with two attached hydrogens (primary N) is 1. The van der Waals surface area contributed by atoms with E-state index in [2.05, 4.69) is 15.6 Å². The molecule has 9 nitrogen and oxygen atoms in total. The maximum absolute atomic E-state index is 15.2. The molecule has 236 valence electrons. The first-order chi connectivity index (χ1) is 20.7. The average molecular weight is 636 g/mol. The Hall–Kier alpha value is -2.15. The summed E-state index contributed by atoms with van der Waals surface area (Å²) in [5.74, 6) is -0.388. The number of carbonyl (C=O) groups excluding carboxylic acids is 1. The van der Waals surface area contributed by atoms with Gasteiger partial charge >= 0.3 is 0 Å². The zero-order valence-corrected chi connectivity index (χ0v) is 26.3. The van der Waals surface area contributed by atoms with Crippen molar-refractivity contribution < 1.29 is 22.3 Å². The number of nitrogens with zero attached hydrogens (tertiary/aromatic N) is 2. The summed E-state index contributed by atoms with van der Waals surface area (Å²) in [6, 6.07) is 6.44. The first-order valence-electron chi connectivity index (χ1n) is 15.3. The first-order valence-corrected chi connectivity index (χ1v) is 17.3. The summed E-state index contributed by atoms with van der Waals surface area (Å²) in [6.45, 7) is 1.67. The topological polar surface area (TPSA) is 127 Å². The normalized spacial score (nSPS) is 28.4. The number of piperazine rings is 1. The first kappa shape index (κ1) is 32.2. The fourth-order valence-electron chi connectivity index (χ4n) is 7.17. The number of amides is 1. The third kappa shape index (κ3) is 7.75. The summed E-state index contributed by atoms with van der Waals surface area (Å²) in [7, 11) is -1.65. The lowest BCUT2D eigenvalue weighted by Gasteiger charge is -2.37. The number of carbonyl (C=O) groups is 1. The van der Waals surface area contributed by atoms with Crippen LogP contribution in [0.5, 0.6) is 0 Å². The molecule has 2 aliphatic heterocycles. The van der Waals surface area contributed by atoms with Gasteiger partial charge in [-0.1, -0.05) is 23.7 Å². The number of hydrogen-bond acceptors (Lipinski definition) is 7. The standard InChI is InChI=1S/C31H43ClFN5O4S/c1-42-19-20-4-6-21(7-5-20)29(22-8-10-23(32)11-9-22)30(34)31(39)37-28-17-35-16-27(33)26(28)13-12-25-15-36-24-3-2-14-43(40,41)38(25)18-24/h8-11,16-17,20-21,24-25,29-30,36H,2-7,12-15,18-19,34H2,1H3,(H,37,39). The zero-order chi connectivity index (χ0) is 30.6. The molecule has 2 bridgehead atoms. The monoisotopic (exact) mass is 635 g/mol. The molecule has 1 aliphatic carbocycles. The van der Waals surface area contributed by atoms with Gasteiger partial charge in [0.25, 0.3) is 0 Å². The quantitative estimate of drug-likeness (QED) is 0.359. The predicted molar refractivity (Wildman–Crippen MR) is 166 cm³/mol. The molecule has 1 saturated carbocycles. The molecule has 3 aliphatic rings. The van der Waals surface area contributed by atoms with Crippen molar-refractivity contribution in [1.82, 2.24) is 14.6 Å². The van der Waals surface area contributed by atoms with Gasteiger partial charge in [-0.25, -0.2) is 12.8 Å². The van der Waals surface area contributed by atoms with Gasteiger partial charge in [-0.2, -0.15) is 4.31 Å². The number of benzene rings is 1. The summed E-state index contributed by atoms with van der Waals surface area (Å²) in [6.07, 6.45) is 8.51. The zero-order valence-electron chi connectivity index (χ0n) is 24.7. The minimum absolute atomic E-state index is 0.132. The Kier molecular flexibility index (Phi) is 10.7. The van der Waals surface area contributed by atoms with Crippen molar-refractivity contribution in [3.05, 3.63) is 58.6 Å². The molecule has 5 unspecified atom stereocenters. The van der Waals surface area contributed by atoms with Crippen LogP contribution >= 0.6 is 11.6 Å². The van der Waals surface area contributed by atoms with Gasteiger partial charge in [-0.05, 0) is 80.9 Å². The maximum atomic E-state index is 15.2. The molecule has 5 rings (SSSR count). The van der Waals surface area contributed by atoms with E-state index in [-0.39, 0.29) is 41.8 Å². The number of pyridine rings is 1. The number of sulfonamides is 1. The molecule has 0 radical (unpaired) electrons. The third-order valence-corrected chi connectivity index (χ3v) is 11.7. The van der Waals surface area contributed by atoms with Crippen LogP contribution in [0.2, 0.25) is 5.02 Å². The average Bonchev–Trinajstić information content (AvgIpc) is 3.10. The van der Waals surface area contributed by atoms with Gasteiger partial charge in [0.1, 0.15) is 5.82 Å². The van der Waals surface area contributed by atoms with Gasteiger partial charge < -0.3 is 21.1 Å². The van der Waals surface area contributed by atoms with Crippen molar-refractivity contribution in [2.45, 2.75) is 75.4 Å². The number of hydrogen-bond donors (Lipinski definition) is 3. The minimum atomic E-state index is -3.37. The smallest absolute Gasteiger partial charge is 0.241 e. The molecule has 3 heterocycles. The lowest BCUT2D eigenvalue weighted by molar-refractivity contribution is -0.118. The number of rotatable bonds is 10. The van der Waals surface area contributed by atoms with Gasteiger partial charge in [0, 0.05) is 55.4 Å². The van der Waals surface area contributed by atoms with Crippen molar-refractivity contribution >= 4 is 33.2 Å². The van der Waals surface area contributed by atoms with Gasteiger partial charge in [0.05, 0.1) is 29.9 Å². The summed E-state index contributed by atoms with van der Waals surface area (Å²) in [5.41, 5.74) is 8.23. The fraction of sp³-hybridized carbons (Fsp3) is 0.613. The van der Waals surface area contributed by atoms with Gasteiger partial charge in [-0.15, -0.1) is 0 Å². The molecular formula is C31H43ClFN5O4S. The van der Waals surface area contributed by atoms with E-state index in [9.17, 15) is 13.2 Å². The summed E-state index contributed by atoms with van der Waals surface area (Å²) in [5, 5.41) is 6.94. The van der Waals surface area contributed by atoms with Crippen LogP contribution in [0.15, 0.2) is 36.7 Å². The van der Waals surface area contributed by atoms with Crippen LogP contribution in [0, 0.1) is 17.7 Å². The van der Waals surface area contributed by atoms with Crippen molar-refractivity contribution in [3.63, 3.8) is 0 Å². The SMILES string of the molecule is COCC1CCC(C(c2ccc(Cl)cc2)C(N)C(=O)Nc2cncc(F)c2CCC2CNC3CCCS(=O)(=O)N2C3)CC1. The van der Waals surface area contributed by atoms with Crippen molar-refractivity contribution in [3.8, 4) is 0 Å². The van der Waals surface area contributed by atoms with Crippen LogP contribution in [0.3, 0.4) is 0 Å². The number of halogens is 2. The minimum Gasteiger partial charge on any atom is -0.384 e. The predicted octanol–water partition coefficient (Wildman–Crippen LogP) is 4.08. The summed E-state index contributed by atoms with van der Waals surface area (Å²) < 4.78 is 47.9. The Morgan fingerprint density at radius 1 is 1.21 bits per heavy atom. The molecule has 2 aromatic rings. The Balaban J connectivity index is 1.31. The Morgan fingerprint density at radius 2 is 1.95 bits per heavy atom. The van der Waals surface area contributed by atoms with Crippen molar-refractivity contribution in [2.24, 2.45) is 17.6 Å². The highest BCUT2D eigenvalue weighted by Gasteiger charge is 2.39. The van der Waals surface area contributed by atoms with E-state index in [4.69, 9.17) is 22.1 Å². The van der Waals surface area contributed by atoms with Crippen molar-refractivity contribution in [1.29, 1.82) is 0 Å². The van der Waals surface area contributed by atoms with Crippen molar-refractivity contribution in [2.75, 3.05) is 37.9 Å². The molecule has 43 heavy (non-hydrogen) atoms. The van der Waals surface area contributed by atoms with Crippen LogP contribution in [-0.2, 0) is 26.0 Å². The van der Waals surface area contributed by atoms with Gasteiger partial charge in [0.2, 0.25) is 15.9 Å². The molecule has 2 saturated heterocycles. The lowest BCUT2D eigenvalue weighted by Crippen LogP contribution is -2.57. The highest BCUT2D eigenvalue weighted by atomic mass is 35.5. The molecule has 1 aromatic carbocycles. The lowest BCUT2D eigenvalue weighted by atomic mass is 9.71. The molecule has 0 spiro atoms. The highest BCUT2D eigenvalue weighted by molar-refractivity contribution is 7.89. The number of methoxy groups -OCH3 is 1. The second-order valence-electron chi connectivity index (χ2n) is 12.3. The number of ether oxygens (including phenoxy) is 1. The van der Waals surface area contributed by atoms with Crippen LogP contribution in [0.1, 0.15) is 62.0 Å². The fourth-order valence-corrected chi connectivity index (χ4v) is 9.10. The largest absolute Gasteiger partial charge is 0.384 e. The Labute approximate surface area is 259 Å². The third-order valence-electron chi connectivity index (χ3n) is 9.50. The Morgan fingerprint density at radius 3 is 2.67 bits per heavy atom. The number of aromatic nitrogens is 1. The molecule has 5 atom stereocenters. The second kappa shape index (κ2) is 14.3. The molecule has 4 N–H and O–H groups in total. The molecule has 12 heteroatoms. The van der Waals surface area contributed by atoms with Crippen LogP contribution in [0.25, 0.3) is 0 Å². The van der Waals surface area contributed by atoms with Crippen LogP contribution in [0.4, 0.5) is 10.1 Å². The van der Waals surface area contributed by atoms with E-state index in [1.54, 1.807) is 11.4 Å². The number of fused-ring (bicyclic) bond motifs is 2. The number of nitrogens with one attached hydrogen (secondary N) is 2. The van der Waals surface area contributed by atoms with E-state index in [0.29, 0.717) is 42.4 Å². The highest BCUT2D eigenvalue weighted by Crippen LogP contribution is 2.40. The summed E-state index contributed by atoms with van der Waals surface area (Å²) >= 11 is 6.17. The number of anilines is 1.